The fourth-order valence-corrected chi connectivity index (χ4v) is 2.76. The molecule has 0 aromatic heterocycles. The lowest BCUT2D eigenvalue weighted by Crippen LogP contribution is -2.22. The highest BCUT2D eigenvalue weighted by Crippen LogP contribution is 2.26. The van der Waals surface area contributed by atoms with Crippen LogP contribution in [0.1, 0.15) is 32.6 Å². The van der Waals surface area contributed by atoms with Crippen LogP contribution in [0.25, 0.3) is 0 Å². The molecule has 1 fully saturated rings. The summed E-state index contributed by atoms with van der Waals surface area (Å²) in [7, 11) is 0. The Labute approximate surface area is 84.1 Å². The average molecular weight is 202 g/mol. The molecule has 1 aliphatic rings. The molecule has 13 heavy (non-hydrogen) atoms. The van der Waals surface area contributed by atoms with Gasteiger partial charge in [0.1, 0.15) is 5.78 Å². The van der Waals surface area contributed by atoms with Gasteiger partial charge in [0, 0.05) is 13.0 Å². The van der Waals surface area contributed by atoms with E-state index in [1.54, 1.807) is 11.8 Å². The second-order valence-corrected chi connectivity index (χ2v) is 5.06. The zero-order valence-electron chi connectivity index (χ0n) is 8.16. The molecule has 76 valence electrons. The van der Waals surface area contributed by atoms with Crippen molar-refractivity contribution in [1.29, 1.82) is 0 Å². The number of aliphatic hydroxyl groups excluding tert-OH is 1. The van der Waals surface area contributed by atoms with E-state index in [1.807, 2.05) is 6.92 Å². The van der Waals surface area contributed by atoms with Gasteiger partial charge < -0.3 is 5.11 Å². The van der Waals surface area contributed by atoms with Gasteiger partial charge in [-0.2, -0.15) is 11.8 Å². The van der Waals surface area contributed by atoms with Gasteiger partial charge in [0.05, 0.1) is 5.25 Å². The molecule has 1 aliphatic carbocycles. The van der Waals surface area contributed by atoms with E-state index in [4.69, 9.17) is 5.11 Å². The molecule has 0 heterocycles. The molecule has 2 unspecified atom stereocenters. The predicted octanol–water partition coefficient (Wildman–Crippen LogP) is 1.86. The Morgan fingerprint density at radius 3 is 3.00 bits per heavy atom. The molecule has 1 N–H and O–H groups in total. The summed E-state index contributed by atoms with van der Waals surface area (Å²) in [6.07, 6.45) is 4.08. The van der Waals surface area contributed by atoms with Gasteiger partial charge in [-0.25, -0.2) is 0 Å². The number of hydrogen-bond donors (Lipinski definition) is 1. The Balaban J connectivity index is 2.22. The summed E-state index contributed by atoms with van der Waals surface area (Å²) in [6, 6.07) is 0. The number of aliphatic hydroxyl groups is 1. The molecule has 0 bridgehead atoms. The zero-order valence-corrected chi connectivity index (χ0v) is 8.98. The minimum atomic E-state index is 0.225. The Morgan fingerprint density at radius 2 is 2.38 bits per heavy atom. The number of carbonyl (C=O) groups is 1. The standard InChI is InChI=1S/C10H18O2S/c1-8(6-11)7-13-10-5-3-2-4-9(10)12/h8,10-11H,2-7H2,1H3. The van der Waals surface area contributed by atoms with E-state index in [0.717, 1.165) is 25.0 Å². The fraction of sp³-hybridized carbons (Fsp3) is 0.900. The zero-order chi connectivity index (χ0) is 9.68. The van der Waals surface area contributed by atoms with Crippen LogP contribution in [0, 0.1) is 5.92 Å². The molecule has 0 saturated heterocycles. The van der Waals surface area contributed by atoms with Gasteiger partial charge in [0.25, 0.3) is 0 Å². The second kappa shape index (κ2) is 5.66. The molecule has 1 saturated carbocycles. The maximum Gasteiger partial charge on any atom is 0.145 e. The fourth-order valence-electron chi connectivity index (χ4n) is 1.46. The predicted molar refractivity (Wildman–Crippen MR) is 56.0 cm³/mol. The van der Waals surface area contributed by atoms with Gasteiger partial charge >= 0.3 is 0 Å². The van der Waals surface area contributed by atoms with Crippen LogP contribution < -0.4 is 0 Å². The third kappa shape index (κ3) is 3.69. The van der Waals surface area contributed by atoms with Crippen molar-refractivity contribution in [2.75, 3.05) is 12.4 Å². The van der Waals surface area contributed by atoms with E-state index in [-0.39, 0.29) is 11.9 Å². The molecule has 1 rings (SSSR count). The lowest BCUT2D eigenvalue weighted by Gasteiger charge is -2.20. The summed E-state index contributed by atoms with van der Waals surface area (Å²) >= 11 is 1.73. The maximum atomic E-state index is 11.4. The minimum absolute atomic E-state index is 0.225. The molecule has 0 aromatic rings. The van der Waals surface area contributed by atoms with E-state index in [0.29, 0.717) is 11.7 Å². The largest absolute Gasteiger partial charge is 0.396 e. The number of rotatable bonds is 4. The average Bonchev–Trinajstić information content (AvgIpc) is 2.16. The normalized spacial score (nSPS) is 26.0. The minimum Gasteiger partial charge on any atom is -0.396 e. The summed E-state index contributed by atoms with van der Waals surface area (Å²) in [4.78, 5) is 11.4. The van der Waals surface area contributed by atoms with Crippen molar-refractivity contribution in [1.82, 2.24) is 0 Å². The lowest BCUT2D eigenvalue weighted by atomic mass is 9.99. The smallest absolute Gasteiger partial charge is 0.145 e. The molecule has 0 amide bonds. The first-order valence-corrected chi connectivity index (χ1v) is 6.04. The number of hydrogen-bond acceptors (Lipinski definition) is 3. The van der Waals surface area contributed by atoms with Gasteiger partial charge in [-0.15, -0.1) is 0 Å². The molecule has 2 nitrogen and oxygen atoms in total. The van der Waals surface area contributed by atoms with Gasteiger partial charge in [-0.1, -0.05) is 13.3 Å². The molecule has 2 atom stereocenters. The molecule has 0 spiro atoms. The van der Waals surface area contributed by atoms with Crippen molar-refractivity contribution < 1.29 is 9.90 Å². The van der Waals surface area contributed by atoms with Gasteiger partial charge in [-0.05, 0) is 24.5 Å². The second-order valence-electron chi connectivity index (χ2n) is 3.82. The summed E-state index contributed by atoms with van der Waals surface area (Å²) < 4.78 is 0. The van der Waals surface area contributed by atoms with Crippen LogP contribution in [0.4, 0.5) is 0 Å². The topological polar surface area (TPSA) is 37.3 Å². The third-order valence-corrected chi connectivity index (χ3v) is 4.05. The Morgan fingerprint density at radius 1 is 1.62 bits per heavy atom. The number of ketones is 1. The quantitative estimate of drug-likeness (QED) is 0.756. The first-order valence-electron chi connectivity index (χ1n) is 4.99. The van der Waals surface area contributed by atoms with Crippen molar-refractivity contribution in [2.45, 2.75) is 37.9 Å². The van der Waals surface area contributed by atoms with Crippen molar-refractivity contribution in [3.63, 3.8) is 0 Å². The molecule has 0 aliphatic heterocycles. The van der Waals surface area contributed by atoms with Crippen LogP contribution in [0.15, 0.2) is 0 Å². The maximum absolute atomic E-state index is 11.4. The third-order valence-electron chi connectivity index (χ3n) is 2.39. The van der Waals surface area contributed by atoms with E-state index in [2.05, 4.69) is 0 Å². The number of carbonyl (C=O) groups excluding carboxylic acids is 1. The van der Waals surface area contributed by atoms with Crippen LogP contribution in [-0.2, 0) is 4.79 Å². The lowest BCUT2D eigenvalue weighted by molar-refractivity contribution is -0.119. The number of thioether (sulfide) groups is 1. The van der Waals surface area contributed by atoms with Crippen molar-refractivity contribution >= 4 is 17.5 Å². The highest BCUT2D eigenvalue weighted by atomic mass is 32.2. The van der Waals surface area contributed by atoms with Crippen molar-refractivity contribution in [2.24, 2.45) is 5.92 Å². The van der Waals surface area contributed by atoms with Crippen LogP contribution in [0.3, 0.4) is 0 Å². The van der Waals surface area contributed by atoms with E-state index in [9.17, 15) is 4.79 Å². The van der Waals surface area contributed by atoms with Crippen LogP contribution >= 0.6 is 11.8 Å². The molecule has 3 heteroatoms. The Kier molecular flexibility index (Phi) is 4.81. The van der Waals surface area contributed by atoms with Crippen LogP contribution in [0.2, 0.25) is 0 Å². The Bertz CT molecular complexity index is 170. The van der Waals surface area contributed by atoms with Crippen LogP contribution in [-0.4, -0.2) is 28.5 Å². The molecule has 0 radical (unpaired) electrons. The molecular formula is C10H18O2S. The van der Waals surface area contributed by atoms with Gasteiger partial charge in [0.15, 0.2) is 0 Å². The van der Waals surface area contributed by atoms with Crippen molar-refractivity contribution in [3.05, 3.63) is 0 Å². The van der Waals surface area contributed by atoms with E-state index in [1.165, 1.54) is 6.42 Å². The summed E-state index contributed by atoms with van der Waals surface area (Å²) in [5.74, 6) is 1.65. The molecule has 0 aromatic carbocycles. The summed E-state index contributed by atoms with van der Waals surface area (Å²) in [5, 5.41) is 9.06. The van der Waals surface area contributed by atoms with Crippen LogP contribution in [0.5, 0.6) is 0 Å². The summed E-state index contributed by atoms with van der Waals surface area (Å²) in [6.45, 7) is 2.24. The van der Waals surface area contributed by atoms with E-state index >= 15 is 0 Å². The van der Waals surface area contributed by atoms with Crippen molar-refractivity contribution in [3.8, 4) is 0 Å². The van der Waals surface area contributed by atoms with Gasteiger partial charge in [-0.3, -0.25) is 4.79 Å². The highest BCUT2D eigenvalue weighted by Gasteiger charge is 2.22. The number of Topliss-reactive ketones (excluding diaryl/α,β-unsaturated/α-hetero) is 1. The van der Waals surface area contributed by atoms with Gasteiger partial charge in [0.2, 0.25) is 0 Å². The summed E-state index contributed by atoms with van der Waals surface area (Å²) in [5.41, 5.74) is 0. The highest BCUT2D eigenvalue weighted by molar-refractivity contribution is 8.00. The first kappa shape index (κ1) is 11.1. The monoisotopic (exact) mass is 202 g/mol. The molecular weight excluding hydrogens is 184 g/mol. The SMILES string of the molecule is CC(CO)CSC1CCCCC1=O. The Hall–Kier alpha value is -0.0200. The first-order chi connectivity index (χ1) is 6.24. The van der Waals surface area contributed by atoms with E-state index < -0.39 is 0 Å².